The summed E-state index contributed by atoms with van der Waals surface area (Å²) in [7, 11) is 1.69. The summed E-state index contributed by atoms with van der Waals surface area (Å²) in [6.45, 7) is 3.33. The van der Waals surface area contributed by atoms with Gasteiger partial charge in [0.25, 0.3) is 0 Å². The van der Waals surface area contributed by atoms with Gasteiger partial charge in [-0.3, -0.25) is 14.3 Å². The van der Waals surface area contributed by atoms with E-state index in [1.165, 1.54) is 5.56 Å². The molecule has 4 aromatic rings. The summed E-state index contributed by atoms with van der Waals surface area (Å²) in [4.78, 5) is 11.3. The van der Waals surface area contributed by atoms with Crippen LogP contribution in [-0.4, -0.2) is 46.1 Å². The number of fused-ring (bicyclic) bond motifs is 1. The van der Waals surface area contributed by atoms with E-state index >= 15 is 0 Å². The second-order valence-corrected chi connectivity index (χ2v) is 7.48. The lowest BCUT2D eigenvalue weighted by molar-refractivity contribution is -0.0340. The van der Waals surface area contributed by atoms with Gasteiger partial charge in [-0.2, -0.15) is 0 Å². The average molecular weight is 400 g/mol. The number of hydrogen-bond donors (Lipinski definition) is 0. The van der Waals surface area contributed by atoms with E-state index < -0.39 is 0 Å². The number of aromatic nitrogens is 3. The van der Waals surface area contributed by atoms with Gasteiger partial charge in [0.1, 0.15) is 18.2 Å². The van der Waals surface area contributed by atoms with E-state index in [2.05, 4.69) is 50.7 Å². The van der Waals surface area contributed by atoms with Gasteiger partial charge >= 0.3 is 0 Å². The summed E-state index contributed by atoms with van der Waals surface area (Å²) in [6, 6.07) is 18.5. The highest BCUT2D eigenvalue weighted by Gasteiger charge is 2.26. The Hall–Kier alpha value is -3.22. The molecular formula is C24H24N4O2. The van der Waals surface area contributed by atoms with Crippen molar-refractivity contribution in [2.45, 2.75) is 12.6 Å². The minimum absolute atomic E-state index is 0.0499. The summed E-state index contributed by atoms with van der Waals surface area (Å²) in [5, 5.41) is 0. The molecule has 152 valence electrons. The van der Waals surface area contributed by atoms with Gasteiger partial charge in [0, 0.05) is 37.6 Å². The molecule has 1 aliphatic rings. The van der Waals surface area contributed by atoms with Crippen molar-refractivity contribution >= 4 is 5.52 Å². The number of hydrogen-bond acceptors (Lipinski definition) is 5. The molecule has 0 unspecified atom stereocenters. The molecule has 1 aromatic carbocycles. The van der Waals surface area contributed by atoms with Crippen LogP contribution in [0, 0.1) is 0 Å². The first kappa shape index (κ1) is 18.8. The molecule has 5 rings (SSSR count). The normalized spacial score (nSPS) is 17.3. The molecule has 0 N–H and O–H groups in total. The largest absolute Gasteiger partial charge is 0.497 e. The van der Waals surface area contributed by atoms with Crippen LogP contribution in [0.5, 0.6) is 5.75 Å². The van der Waals surface area contributed by atoms with Crippen molar-refractivity contribution in [3.63, 3.8) is 0 Å². The SMILES string of the molecule is COc1cccc(-c2cccc3c([C@@H]4CN(Cc5ccncc5)CCO4)ncn23)c1. The molecule has 6 nitrogen and oxygen atoms in total. The number of ether oxygens (including phenoxy) is 2. The van der Waals surface area contributed by atoms with Crippen LogP contribution in [0.4, 0.5) is 0 Å². The smallest absolute Gasteiger partial charge is 0.119 e. The lowest BCUT2D eigenvalue weighted by atomic mass is 10.1. The van der Waals surface area contributed by atoms with Gasteiger partial charge in [-0.25, -0.2) is 4.98 Å². The van der Waals surface area contributed by atoms with Gasteiger partial charge < -0.3 is 9.47 Å². The fourth-order valence-electron chi connectivity index (χ4n) is 4.06. The van der Waals surface area contributed by atoms with Gasteiger partial charge in [-0.1, -0.05) is 18.2 Å². The summed E-state index contributed by atoms with van der Waals surface area (Å²) in [5.41, 5.74) is 5.49. The molecule has 30 heavy (non-hydrogen) atoms. The topological polar surface area (TPSA) is 51.9 Å². The standard InChI is InChI=1S/C24H24N4O2/c1-29-20-5-2-4-19(14-20)21-6-3-7-22-24(26-17-28(21)22)23-16-27(12-13-30-23)15-18-8-10-25-11-9-18/h2-11,14,17,23H,12-13,15-16H2,1H3/t23-/m0/s1. The predicted molar refractivity (Wildman–Crippen MR) is 115 cm³/mol. The maximum absolute atomic E-state index is 6.13. The second kappa shape index (κ2) is 8.26. The quantitative estimate of drug-likeness (QED) is 0.507. The molecule has 0 radical (unpaired) electrons. The first-order chi connectivity index (χ1) is 14.8. The zero-order valence-corrected chi connectivity index (χ0v) is 16.9. The average Bonchev–Trinajstić information content (AvgIpc) is 3.24. The minimum atomic E-state index is -0.0499. The third-order valence-electron chi connectivity index (χ3n) is 5.58. The van der Waals surface area contributed by atoms with E-state index in [0.717, 1.165) is 47.9 Å². The number of morpholine rings is 1. The Morgan fingerprint density at radius 2 is 1.97 bits per heavy atom. The van der Waals surface area contributed by atoms with Crippen molar-refractivity contribution in [1.29, 1.82) is 0 Å². The van der Waals surface area contributed by atoms with Crippen LogP contribution in [0.25, 0.3) is 16.8 Å². The third-order valence-corrected chi connectivity index (χ3v) is 5.58. The van der Waals surface area contributed by atoms with Crippen LogP contribution in [0.3, 0.4) is 0 Å². The second-order valence-electron chi connectivity index (χ2n) is 7.48. The molecule has 1 atom stereocenters. The Morgan fingerprint density at radius 3 is 2.83 bits per heavy atom. The number of methoxy groups -OCH3 is 1. The van der Waals surface area contributed by atoms with E-state index in [9.17, 15) is 0 Å². The minimum Gasteiger partial charge on any atom is -0.497 e. The zero-order valence-electron chi connectivity index (χ0n) is 16.9. The van der Waals surface area contributed by atoms with Gasteiger partial charge in [0.05, 0.1) is 30.6 Å². The van der Waals surface area contributed by atoms with Crippen molar-refractivity contribution in [3.05, 3.63) is 84.6 Å². The lowest BCUT2D eigenvalue weighted by Gasteiger charge is -2.32. The molecule has 1 aliphatic heterocycles. The molecule has 0 amide bonds. The van der Waals surface area contributed by atoms with E-state index in [1.807, 2.05) is 36.9 Å². The highest BCUT2D eigenvalue weighted by molar-refractivity contribution is 5.67. The van der Waals surface area contributed by atoms with E-state index in [4.69, 9.17) is 14.5 Å². The van der Waals surface area contributed by atoms with Crippen molar-refractivity contribution in [3.8, 4) is 17.0 Å². The molecule has 1 fully saturated rings. The summed E-state index contributed by atoms with van der Waals surface area (Å²) < 4.78 is 13.7. The summed E-state index contributed by atoms with van der Waals surface area (Å²) in [5.74, 6) is 0.840. The van der Waals surface area contributed by atoms with Gasteiger partial charge in [-0.05, 0) is 42.0 Å². The number of benzene rings is 1. The van der Waals surface area contributed by atoms with Crippen LogP contribution in [0.1, 0.15) is 17.4 Å². The first-order valence-corrected chi connectivity index (χ1v) is 10.1. The molecule has 1 saturated heterocycles. The van der Waals surface area contributed by atoms with Gasteiger partial charge in [0.2, 0.25) is 0 Å². The van der Waals surface area contributed by atoms with E-state index in [0.29, 0.717) is 6.61 Å². The van der Waals surface area contributed by atoms with Crippen LogP contribution in [-0.2, 0) is 11.3 Å². The molecule has 4 heterocycles. The predicted octanol–water partition coefficient (Wildman–Crippen LogP) is 3.98. The third kappa shape index (κ3) is 3.67. The summed E-state index contributed by atoms with van der Waals surface area (Å²) in [6.07, 6.45) is 5.53. The number of imidazole rings is 1. The maximum Gasteiger partial charge on any atom is 0.119 e. The van der Waals surface area contributed by atoms with Crippen molar-refractivity contribution < 1.29 is 9.47 Å². The van der Waals surface area contributed by atoms with Crippen LogP contribution < -0.4 is 4.74 Å². The Labute approximate surface area is 175 Å². The van der Waals surface area contributed by atoms with Crippen molar-refractivity contribution in [2.75, 3.05) is 26.8 Å². The molecule has 0 spiro atoms. The number of rotatable bonds is 5. The number of nitrogens with zero attached hydrogens (tertiary/aromatic N) is 4. The van der Waals surface area contributed by atoms with Crippen LogP contribution in [0.15, 0.2) is 73.3 Å². The molecule has 0 aliphatic carbocycles. The lowest BCUT2D eigenvalue weighted by Crippen LogP contribution is -2.38. The zero-order chi connectivity index (χ0) is 20.3. The highest BCUT2D eigenvalue weighted by atomic mass is 16.5. The van der Waals surface area contributed by atoms with E-state index in [-0.39, 0.29) is 6.10 Å². The Morgan fingerprint density at radius 1 is 1.10 bits per heavy atom. The fourth-order valence-corrected chi connectivity index (χ4v) is 4.06. The highest BCUT2D eigenvalue weighted by Crippen LogP contribution is 2.30. The Balaban J connectivity index is 1.43. The fraction of sp³-hybridized carbons (Fsp3) is 0.250. The molecule has 6 heteroatoms. The van der Waals surface area contributed by atoms with Crippen LogP contribution >= 0.6 is 0 Å². The van der Waals surface area contributed by atoms with E-state index in [1.54, 1.807) is 7.11 Å². The molecule has 3 aromatic heterocycles. The van der Waals surface area contributed by atoms with Gasteiger partial charge in [-0.15, -0.1) is 0 Å². The van der Waals surface area contributed by atoms with Crippen LogP contribution in [0.2, 0.25) is 0 Å². The molecule has 0 saturated carbocycles. The Bertz CT molecular complexity index is 1140. The Kier molecular flexibility index (Phi) is 5.17. The van der Waals surface area contributed by atoms with Crippen molar-refractivity contribution in [2.24, 2.45) is 0 Å². The number of pyridine rings is 2. The van der Waals surface area contributed by atoms with Gasteiger partial charge in [0.15, 0.2) is 0 Å². The first-order valence-electron chi connectivity index (χ1n) is 10.1. The van der Waals surface area contributed by atoms with Crippen molar-refractivity contribution in [1.82, 2.24) is 19.3 Å². The summed E-state index contributed by atoms with van der Waals surface area (Å²) >= 11 is 0. The maximum atomic E-state index is 6.13. The molecular weight excluding hydrogens is 376 g/mol. The monoisotopic (exact) mass is 400 g/mol. The molecule has 0 bridgehead atoms.